The van der Waals surface area contributed by atoms with Gasteiger partial charge in [-0.1, -0.05) is 23.7 Å². The molecule has 1 aromatic heterocycles. The van der Waals surface area contributed by atoms with E-state index in [1.54, 1.807) is 0 Å². The molecule has 0 unspecified atom stereocenters. The van der Waals surface area contributed by atoms with Crippen LogP contribution in [-0.2, 0) is 6.54 Å². The second-order valence-electron chi connectivity index (χ2n) is 5.10. The number of hydrogen-bond donors (Lipinski definition) is 3. The van der Waals surface area contributed by atoms with Crippen LogP contribution in [0, 0.1) is 3.57 Å². The third-order valence-electron chi connectivity index (χ3n) is 3.36. The summed E-state index contributed by atoms with van der Waals surface area (Å²) in [4.78, 5) is 8.43. The van der Waals surface area contributed by atoms with Crippen molar-refractivity contribution in [3.8, 4) is 0 Å². The predicted molar refractivity (Wildman–Crippen MR) is 108 cm³/mol. The lowest BCUT2D eigenvalue weighted by Gasteiger charge is -2.12. The first-order valence-electron chi connectivity index (χ1n) is 7.23. The SMILES string of the molecule is Nc1c(NCc2ccc(Cl)cc2)ncnc1Nc1ccc(I)cc1. The van der Waals surface area contributed by atoms with Gasteiger partial charge in [-0.25, -0.2) is 9.97 Å². The average Bonchev–Trinajstić information content (AvgIpc) is 2.59. The van der Waals surface area contributed by atoms with E-state index in [2.05, 4.69) is 43.2 Å². The van der Waals surface area contributed by atoms with Crippen LogP contribution < -0.4 is 16.4 Å². The molecule has 0 aliphatic carbocycles. The fraction of sp³-hybridized carbons (Fsp3) is 0.0588. The van der Waals surface area contributed by atoms with Crippen LogP contribution in [0.2, 0.25) is 5.02 Å². The molecular weight excluding hydrogens is 437 g/mol. The largest absolute Gasteiger partial charge is 0.393 e. The molecular formula is C17H15ClIN5. The van der Waals surface area contributed by atoms with Gasteiger partial charge in [-0.05, 0) is 64.6 Å². The average molecular weight is 452 g/mol. The van der Waals surface area contributed by atoms with Crippen molar-refractivity contribution in [2.45, 2.75) is 6.54 Å². The zero-order valence-corrected chi connectivity index (χ0v) is 15.5. The van der Waals surface area contributed by atoms with Gasteiger partial charge in [0.2, 0.25) is 0 Å². The van der Waals surface area contributed by atoms with E-state index in [1.807, 2.05) is 48.5 Å². The molecule has 4 N–H and O–H groups in total. The van der Waals surface area contributed by atoms with Crippen LogP contribution in [0.4, 0.5) is 23.0 Å². The molecule has 3 rings (SSSR count). The van der Waals surface area contributed by atoms with Crippen molar-refractivity contribution < 1.29 is 0 Å². The number of nitrogens with zero attached hydrogens (tertiary/aromatic N) is 2. The Hall–Kier alpha value is -2.06. The molecule has 0 bridgehead atoms. The Labute approximate surface area is 158 Å². The van der Waals surface area contributed by atoms with Crippen LogP contribution in [0.25, 0.3) is 0 Å². The normalized spacial score (nSPS) is 10.4. The number of anilines is 4. The summed E-state index contributed by atoms with van der Waals surface area (Å²) in [5, 5.41) is 7.14. The van der Waals surface area contributed by atoms with Gasteiger partial charge >= 0.3 is 0 Å². The molecule has 0 spiro atoms. The van der Waals surface area contributed by atoms with Gasteiger partial charge in [0.1, 0.15) is 12.0 Å². The van der Waals surface area contributed by atoms with Gasteiger partial charge in [0.15, 0.2) is 11.6 Å². The molecule has 0 radical (unpaired) electrons. The van der Waals surface area contributed by atoms with Crippen molar-refractivity contribution in [2.24, 2.45) is 0 Å². The summed E-state index contributed by atoms with van der Waals surface area (Å²) < 4.78 is 1.17. The zero-order valence-electron chi connectivity index (χ0n) is 12.6. The fourth-order valence-corrected chi connectivity index (χ4v) is 2.58. The summed E-state index contributed by atoms with van der Waals surface area (Å²) >= 11 is 8.15. The Balaban J connectivity index is 1.72. The smallest absolute Gasteiger partial charge is 0.159 e. The van der Waals surface area contributed by atoms with Gasteiger partial charge in [-0.15, -0.1) is 0 Å². The predicted octanol–water partition coefficient (Wildman–Crippen LogP) is 4.67. The molecule has 0 atom stereocenters. The van der Waals surface area contributed by atoms with Crippen molar-refractivity contribution in [2.75, 3.05) is 16.4 Å². The first kappa shape index (κ1) is 16.8. The molecule has 5 nitrogen and oxygen atoms in total. The maximum atomic E-state index is 6.18. The monoisotopic (exact) mass is 451 g/mol. The molecule has 2 aromatic carbocycles. The molecule has 122 valence electrons. The molecule has 24 heavy (non-hydrogen) atoms. The number of benzene rings is 2. The highest BCUT2D eigenvalue weighted by Gasteiger charge is 2.08. The zero-order chi connectivity index (χ0) is 16.9. The van der Waals surface area contributed by atoms with E-state index in [1.165, 1.54) is 9.90 Å². The van der Waals surface area contributed by atoms with Gasteiger partial charge in [0.05, 0.1) is 0 Å². The minimum atomic E-state index is 0.477. The number of aromatic nitrogens is 2. The van der Waals surface area contributed by atoms with E-state index in [-0.39, 0.29) is 0 Å². The van der Waals surface area contributed by atoms with E-state index in [4.69, 9.17) is 17.3 Å². The van der Waals surface area contributed by atoms with Gasteiger partial charge in [0, 0.05) is 20.8 Å². The van der Waals surface area contributed by atoms with Crippen molar-refractivity contribution in [1.82, 2.24) is 9.97 Å². The molecule has 0 fully saturated rings. The first-order valence-corrected chi connectivity index (χ1v) is 8.69. The quantitative estimate of drug-likeness (QED) is 0.491. The molecule has 3 aromatic rings. The Kier molecular flexibility index (Phi) is 5.37. The minimum Gasteiger partial charge on any atom is -0.393 e. The van der Waals surface area contributed by atoms with E-state index in [0.29, 0.717) is 28.9 Å². The number of nitrogens with one attached hydrogen (secondary N) is 2. The fourth-order valence-electron chi connectivity index (χ4n) is 2.09. The standard InChI is InChI=1S/C17H15ClIN5/c18-12-3-1-11(2-4-12)9-21-16-15(20)17(23-10-22-16)24-14-7-5-13(19)6-8-14/h1-8,10H,9,20H2,(H2,21,22,23,24). The highest BCUT2D eigenvalue weighted by molar-refractivity contribution is 14.1. The van der Waals surface area contributed by atoms with Crippen molar-refractivity contribution in [3.63, 3.8) is 0 Å². The number of nitrogens with two attached hydrogens (primary N) is 1. The molecule has 0 saturated heterocycles. The summed E-state index contributed by atoms with van der Waals surface area (Å²) in [6.07, 6.45) is 1.48. The maximum Gasteiger partial charge on any atom is 0.159 e. The third kappa shape index (κ3) is 4.27. The van der Waals surface area contributed by atoms with Gasteiger partial charge in [0.25, 0.3) is 0 Å². The Morgan fingerprint density at radius 2 is 1.62 bits per heavy atom. The lowest BCUT2D eigenvalue weighted by atomic mass is 10.2. The summed E-state index contributed by atoms with van der Waals surface area (Å²) in [5.41, 5.74) is 8.66. The van der Waals surface area contributed by atoms with Crippen molar-refractivity contribution >= 4 is 57.2 Å². The second kappa shape index (κ2) is 7.67. The lowest BCUT2D eigenvalue weighted by Crippen LogP contribution is -2.08. The van der Waals surface area contributed by atoms with Crippen molar-refractivity contribution in [1.29, 1.82) is 0 Å². The topological polar surface area (TPSA) is 75.9 Å². The molecule has 0 aliphatic heterocycles. The number of rotatable bonds is 5. The summed E-state index contributed by atoms with van der Waals surface area (Å²) in [5.74, 6) is 1.16. The number of halogens is 2. The van der Waals surface area contributed by atoms with Gasteiger partial charge in [-0.3, -0.25) is 0 Å². The number of nitrogen functional groups attached to an aromatic ring is 1. The molecule has 0 aliphatic rings. The van der Waals surface area contributed by atoms with Gasteiger partial charge in [-0.2, -0.15) is 0 Å². The van der Waals surface area contributed by atoms with E-state index < -0.39 is 0 Å². The minimum absolute atomic E-state index is 0.477. The summed E-state index contributed by atoms with van der Waals surface area (Å²) in [6, 6.07) is 15.6. The van der Waals surface area contributed by atoms with Crippen LogP contribution in [-0.4, -0.2) is 9.97 Å². The van der Waals surface area contributed by atoms with E-state index >= 15 is 0 Å². The summed E-state index contributed by atoms with van der Waals surface area (Å²) in [6.45, 7) is 0.599. The molecule has 7 heteroatoms. The van der Waals surface area contributed by atoms with Crippen LogP contribution >= 0.6 is 34.2 Å². The van der Waals surface area contributed by atoms with E-state index in [9.17, 15) is 0 Å². The van der Waals surface area contributed by atoms with Crippen LogP contribution in [0.15, 0.2) is 54.9 Å². The van der Waals surface area contributed by atoms with Gasteiger partial charge < -0.3 is 16.4 Å². The summed E-state index contributed by atoms with van der Waals surface area (Å²) in [7, 11) is 0. The molecule has 0 amide bonds. The van der Waals surface area contributed by atoms with Crippen molar-refractivity contribution in [3.05, 3.63) is 69.0 Å². The van der Waals surface area contributed by atoms with Crippen LogP contribution in [0.3, 0.4) is 0 Å². The highest BCUT2D eigenvalue weighted by Crippen LogP contribution is 2.26. The Bertz CT molecular complexity index is 821. The van der Waals surface area contributed by atoms with Crippen LogP contribution in [0.5, 0.6) is 0 Å². The maximum absolute atomic E-state index is 6.18. The third-order valence-corrected chi connectivity index (χ3v) is 4.34. The van der Waals surface area contributed by atoms with E-state index in [0.717, 1.165) is 11.3 Å². The lowest BCUT2D eigenvalue weighted by molar-refractivity contribution is 1.09. The molecule has 1 heterocycles. The second-order valence-corrected chi connectivity index (χ2v) is 6.78. The number of hydrogen-bond acceptors (Lipinski definition) is 5. The first-order chi connectivity index (χ1) is 11.6. The Morgan fingerprint density at radius 1 is 0.958 bits per heavy atom. The van der Waals surface area contributed by atoms with Crippen LogP contribution in [0.1, 0.15) is 5.56 Å². The Morgan fingerprint density at radius 3 is 2.33 bits per heavy atom. The highest BCUT2D eigenvalue weighted by atomic mass is 127. The molecule has 0 saturated carbocycles.